The minimum atomic E-state index is -1.58. The molecular weight excluding hydrogens is 252 g/mol. The average Bonchev–Trinajstić information content (AvgIpc) is 2.60. The molecule has 7 nitrogen and oxygen atoms in total. The molecule has 7 heteroatoms. The second kappa shape index (κ2) is 4.52. The second-order valence-corrected chi connectivity index (χ2v) is 4.05. The number of hydrogen-bond donors (Lipinski definition) is 2. The molecule has 1 aliphatic heterocycles. The van der Waals surface area contributed by atoms with Crippen LogP contribution in [0.1, 0.15) is 27.1 Å². The van der Waals surface area contributed by atoms with Crippen molar-refractivity contribution in [1.29, 1.82) is 0 Å². The average molecular weight is 262 g/mol. The summed E-state index contributed by atoms with van der Waals surface area (Å²) >= 11 is 0. The van der Waals surface area contributed by atoms with E-state index in [4.69, 9.17) is 10.8 Å². The number of carbonyl (C=O) groups excluding carboxylic acids is 3. The summed E-state index contributed by atoms with van der Waals surface area (Å²) in [5, 5.41) is 9.04. The number of primary amides is 1. The molecule has 1 aliphatic rings. The quantitative estimate of drug-likeness (QED) is 0.716. The number of rotatable bonds is 4. The molecule has 3 amide bonds. The number of imide groups is 1. The number of carbonyl (C=O) groups is 4. The third-order valence-electron chi connectivity index (χ3n) is 2.82. The van der Waals surface area contributed by atoms with Crippen LogP contribution in [0.25, 0.3) is 0 Å². The van der Waals surface area contributed by atoms with E-state index in [2.05, 4.69) is 0 Å². The number of nitrogens with zero attached hydrogens (tertiary/aromatic N) is 1. The van der Waals surface area contributed by atoms with Gasteiger partial charge in [-0.2, -0.15) is 0 Å². The van der Waals surface area contributed by atoms with Crippen LogP contribution in [0.3, 0.4) is 0 Å². The normalized spacial score (nSPS) is 15.3. The smallest absolute Gasteiger partial charge is 0.327 e. The van der Waals surface area contributed by atoms with Gasteiger partial charge in [0.2, 0.25) is 5.91 Å². The van der Waals surface area contributed by atoms with Crippen LogP contribution in [0.2, 0.25) is 0 Å². The van der Waals surface area contributed by atoms with Gasteiger partial charge in [0, 0.05) is 0 Å². The van der Waals surface area contributed by atoms with Gasteiger partial charge >= 0.3 is 5.97 Å². The van der Waals surface area contributed by atoms with E-state index < -0.39 is 36.2 Å². The van der Waals surface area contributed by atoms with Crippen molar-refractivity contribution in [1.82, 2.24) is 4.90 Å². The molecular formula is C12H10N2O5. The number of hydrogen-bond acceptors (Lipinski definition) is 4. The zero-order valence-electron chi connectivity index (χ0n) is 9.70. The molecule has 1 heterocycles. The molecule has 0 aromatic heterocycles. The number of aliphatic carboxylic acids is 1. The van der Waals surface area contributed by atoms with Crippen LogP contribution >= 0.6 is 0 Å². The molecule has 0 unspecified atom stereocenters. The summed E-state index contributed by atoms with van der Waals surface area (Å²) in [7, 11) is 0. The fourth-order valence-electron chi connectivity index (χ4n) is 1.97. The van der Waals surface area contributed by atoms with Crippen LogP contribution < -0.4 is 5.73 Å². The molecule has 1 atom stereocenters. The number of carboxylic acid groups (broad SMARTS) is 1. The van der Waals surface area contributed by atoms with Crippen molar-refractivity contribution < 1.29 is 24.3 Å². The monoisotopic (exact) mass is 262 g/mol. The summed E-state index contributed by atoms with van der Waals surface area (Å²) in [6.45, 7) is 0. The Bertz CT molecular complexity index is 561. The molecule has 0 spiro atoms. The van der Waals surface area contributed by atoms with Crippen LogP contribution in [0.5, 0.6) is 0 Å². The van der Waals surface area contributed by atoms with Gasteiger partial charge in [-0.3, -0.25) is 19.3 Å². The number of carboxylic acids is 1. The van der Waals surface area contributed by atoms with E-state index in [1.807, 2.05) is 0 Å². The van der Waals surface area contributed by atoms with E-state index in [1.54, 1.807) is 12.1 Å². The minimum Gasteiger partial charge on any atom is -0.480 e. The molecule has 19 heavy (non-hydrogen) atoms. The van der Waals surface area contributed by atoms with Crippen molar-refractivity contribution in [2.45, 2.75) is 12.5 Å². The Morgan fingerprint density at radius 1 is 1.16 bits per heavy atom. The molecule has 98 valence electrons. The molecule has 0 radical (unpaired) electrons. The highest BCUT2D eigenvalue weighted by Gasteiger charge is 2.43. The summed E-state index contributed by atoms with van der Waals surface area (Å²) in [6.07, 6.45) is -0.610. The van der Waals surface area contributed by atoms with Crippen molar-refractivity contribution in [2.75, 3.05) is 0 Å². The summed E-state index contributed by atoms with van der Waals surface area (Å²) in [4.78, 5) is 46.6. The molecule has 0 fully saturated rings. The predicted molar refractivity (Wildman–Crippen MR) is 62.2 cm³/mol. The van der Waals surface area contributed by atoms with E-state index >= 15 is 0 Å². The first-order valence-corrected chi connectivity index (χ1v) is 5.41. The first kappa shape index (κ1) is 12.7. The Hall–Kier alpha value is -2.70. The Morgan fingerprint density at radius 3 is 2.00 bits per heavy atom. The topological polar surface area (TPSA) is 118 Å². The van der Waals surface area contributed by atoms with E-state index in [-0.39, 0.29) is 11.1 Å². The number of amides is 3. The van der Waals surface area contributed by atoms with Gasteiger partial charge < -0.3 is 10.8 Å². The Morgan fingerprint density at radius 2 is 1.63 bits per heavy atom. The van der Waals surface area contributed by atoms with Gasteiger partial charge in [-0.1, -0.05) is 12.1 Å². The molecule has 3 N–H and O–H groups in total. The number of fused-ring (bicyclic) bond motifs is 1. The van der Waals surface area contributed by atoms with Gasteiger partial charge in [0.05, 0.1) is 17.5 Å². The van der Waals surface area contributed by atoms with Crippen LogP contribution in [0.15, 0.2) is 24.3 Å². The maximum Gasteiger partial charge on any atom is 0.327 e. The predicted octanol–water partition coefficient (Wildman–Crippen LogP) is -0.389. The molecule has 0 saturated heterocycles. The zero-order valence-corrected chi connectivity index (χ0v) is 9.70. The van der Waals surface area contributed by atoms with Crippen molar-refractivity contribution in [3.8, 4) is 0 Å². The van der Waals surface area contributed by atoms with E-state index in [1.165, 1.54) is 12.1 Å². The van der Waals surface area contributed by atoms with Crippen molar-refractivity contribution in [3.05, 3.63) is 35.4 Å². The maximum atomic E-state index is 12.0. The summed E-state index contributed by atoms with van der Waals surface area (Å²) in [5.74, 6) is -3.80. The van der Waals surface area contributed by atoms with Crippen LogP contribution in [-0.4, -0.2) is 39.7 Å². The minimum absolute atomic E-state index is 0.128. The van der Waals surface area contributed by atoms with Crippen molar-refractivity contribution in [2.24, 2.45) is 5.73 Å². The highest BCUT2D eigenvalue weighted by Crippen LogP contribution is 2.25. The van der Waals surface area contributed by atoms with Gasteiger partial charge in [0.15, 0.2) is 0 Å². The standard InChI is InChI=1S/C12H10N2O5/c13-9(15)5-8(12(18)19)14-10(16)6-3-1-2-4-7(6)11(14)17/h1-4,8H,5H2,(H2,13,15)(H,18,19)/t8-/m1/s1. The van der Waals surface area contributed by atoms with E-state index in [0.29, 0.717) is 4.90 Å². The molecule has 0 saturated carbocycles. The number of nitrogens with two attached hydrogens (primary N) is 1. The summed E-state index contributed by atoms with van der Waals surface area (Å²) in [5.41, 5.74) is 5.20. The summed E-state index contributed by atoms with van der Waals surface area (Å²) in [6, 6.07) is 4.41. The maximum absolute atomic E-state index is 12.0. The third-order valence-corrected chi connectivity index (χ3v) is 2.82. The Kier molecular flexibility index (Phi) is 3.04. The zero-order chi connectivity index (χ0) is 14.2. The lowest BCUT2D eigenvalue weighted by atomic mass is 10.1. The van der Waals surface area contributed by atoms with Crippen molar-refractivity contribution in [3.63, 3.8) is 0 Å². The fraction of sp³-hybridized carbons (Fsp3) is 0.167. The van der Waals surface area contributed by atoms with E-state index in [0.717, 1.165) is 0 Å². The van der Waals surface area contributed by atoms with Gasteiger partial charge in [-0.25, -0.2) is 4.79 Å². The van der Waals surface area contributed by atoms with Crippen LogP contribution in [0.4, 0.5) is 0 Å². The van der Waals surface area contributed by atoms with Gasteiger partial charge in [0.1, 0.15) is 6.04 Å². The first-order valence-electron chi connectivity index (χ1n) is 5.41. The highest BCUT2D eigenvalue weighted by atomic mass is 16.4. The lowest BCUT2D eigenvalue weighted by molar-refractivity contribution is -0.143. The fourth-order valence-corrected chi connectivity index (χ4v) is 1.97. The Labute approximate surface area is 107 Å². The largest absolute Gasteiger partial charge is 0.480 e. The Balaban J connectivity index is 2.42. The summed E-state index contributed by atoms with van der Waals surface area (Å²) < 4.78 is 0. The van der Waals surface area contributed by atoms with E-state index in [9.17, 15) is 19.2 Å². The molecule has 2 rings (SSSR count). The van der Waals surface area contributed by atoms with Crippen LogP contribution in [0, 0.1) is 0 Å². The van der Waals surface area contributed by atoms with Gasteiger partial charge in [-0.15, -0.1) is 0 Å². The molecule has 0 aliphatic carbocycles. The molecule has 1 aromatic rings. The third kappa shape index (κ3) is 2.05. The van der Waals surface area contributed by atoms with Crippen LogP contribution in [-0.2, 0) is 9.59 Å². The number of benzene rings is 1. The van der Waals surface area contributed by atoms with Crippen molar-refractivity contribution >= 4 is 23.7 Å². The molecule has 0 bridgehead atoms. The lowest BCUT2D eigenvalue weighted by Gasteiger charge is -2.21. The SMILES string of the molecule is NC(=O)C[C@H](C(=O)O)N1C(=O)c2ccccc2C1=O. The highest BCUT2D eigenvalue weighted by molar-refractivity contribution is 6.22. The second-order valence-electron chi connectivity index (χ2n) is 4.05. The molecule has 1 aromatic carbocycles. The lowest BCUT2D eigenvalue weighted by Crippen LogP contribution is -2.46. The first-order chi connectivity index (χ1) is 8.93. The van der Waals surface area contributed by atoms with Gasteiger partial charge in [0.25, 0.3) is 11.8 Å². The van der Waals surface area contributed by atoms with Gasteiger partial charge in [-0.05, 0) is 12.1 Å².